The van der Waals surface area contributed by atoms with Crippen molar-refractivity contribution >= 4 is 16.6 Å². The highest BCUT2D eigenvalue weighted by Gasteiger charge is 2.43. The molecule has 1 radical (unpaired) electrons. The van der Waals surface area contributed by atoms with Crippen LogP contribution in [0.25, 0.3) is 33.2 Å². The van der Waals surface area contributed by atoms with Gasteiger partial charge in [0.25, 0.3) is 0 Å². The van der Waals surface area contributed by atoms with Gasteiger partial charge in [-0.1, -0.05) is 18.2 Å². The molecule has 1 unspecified atom stereocenters. The predicted octanol–water partition coefficient (Wildman–Crippen LogP) is 6.68. The molecular formula is C29H22F5N4O. The molecule has 2 N–H and O–H groups in total. The highest BCUT2D eigenvalue weighted by molar-refractivity contribution is 6.02. The zero-order chi connectivity index (χ0) is 27.9. The molecule has 0 spiro atoms. The number of nitriles is 1. The summed E-state index contributed by atoms with van der Waals surface area (Å²) in [6.07, 6.45) is -5.39. The zero-order valence-corrected chi connectivity index (χ0v) is 20.5. The molecule has 1 saturated heterocycles. The Kier molecular flexibility index (Phi) is 6.97. The molecule has 5 nitrogen and oxygen atoms in total. The number of piperidine rings is 1. The van der Waals surface area contributed by atoms with Gasteiger partial charge in [0.05, 0.1) is 22.8 Å². The number of nitrogens with two attached hydrogens (primary N) is 1. The van der Waals surface area contributed by atoms with Crippen LogP contribution in [-0.4, -0.2) is 30.3 Å². The standard InChI is InChI=1S/C29H22F5N4O/c30-19-10-18(11-20(31)13-19)24-15-37-25-5-4-16(12-23(25)27(24)38-8-6-21(36)7-9-38)22-3-1-2-17(14-35)26(22)28(39)29(32,33)34/h1-5,10-13,15,21,28H,6-9,36H2. The van der Waals surface area contributed by atoms with E-state index in [9.17, 15) is 32.3 Å². The van der Waals surface area contributed by atoms with E-state index in [1.165, 1.54) is 42.6 Å². The monoisotopic (exact) mass is 537 g/mol. The van der Waals surface area contributed by atoms with E-state index >= 15 is 0 Å². The Labute approximate surface area is 220 Å². The number of fused-ring (bicyclic) bond motifs is 1. The van der Waals surface area contributed by atoms with Gasteiger partial charge in [0, 0.05) is 47.9 Å². The third-order valence-corrected chi connectivity index (χ3v) is 6.97. The summed E-state index contributed by atoms with van der Waals surface area (Å²) in [6.45, 7) is 1.09. The van der Waals surface area contributed by atoms with Crippen molar-refractivity contribution in [3.63, 3.8) is 0 Å². The number of aromatic nitrogens is 1. The second kappa shape index (κ2) is 10.2. The summed E-state index contributed by atoms with van der Waals surface area (Å²) < 4.78 is 69.0. The maximum Gasteiger partial charge on any atom is 0.422 e. The number of halogens is 5. The number of pyridine rings is 1. The summed E-state index contributed by atoms with van der Waals surface area (Å²) in [7, 11) is 0. The molecule has 3 aromatic carbocycles. The first-order valence-corrected chi connectivity index (χ1v) is 12.2. The zero-order valence-electron chi connectivity index (χ0n) is 20.5. The van der Waals surface area contributed by atoms with E-state index in [1.54, 1.807) is 18.2 Å². The van der Waals surface area contributed by atoms with Crippen LogP contribution < -0.4 is 10.6 Å². The fraction of sp³-hybridized carbons (Fsp3) is 0.241. The Balaban J connectivity index is 1.77. The van der Waals surface area contributed by atoms with Crippen molar-refractivity contribution in [1.82, 2.24) is 4.98 Å². The minimum absolute atomic E-state index is 0.00684. The highest BCUT2D eigenvalue weighted by atomic mass is 19.4. The summed E-state index contributed by atoms with van der Waals surface area (Å²) in [5.74, 6) is -1.53. The van der Waals surface area contributed by atoms with Crippen LogP contribution in [0.2, 0.25) is 0 Å². The number of rotatable bonds is 4. The third kappa shape index (κ3) is 5.15. The van der Waals surface area contributed by atoms with Crippen molar-refractivity contribution in [2.45, 2.75) is 31.2 Å². The number of hydrogen-bond acceptors (Lipinski definition) is 4. The average molecular weight is 538 g/mol. The van der Waals surface area contributed by atoms with Crippen LogP contribution in [0.15, 0.2) is 60.8 Å². The molecule has 0 bridgehead atoms. The largest absolute Gasteiger partial charge is 0.422 e. The maximum absolute atomic E-state index is 14.2. The lowest BCUT2D eigenvalue weighted by atomic mass is 9.90. The lowest BCUT2D eigenvalue weighted by molar-refractivity contribution is -0.225. The fourth-order valence-corrected chi connectivity index (χ4v) is 5.09. The lowest BCUT2D eigenvalue weighted by Gasteiger charge is -2.34. The van der Waals surface area contributed by atoms with Crippen molar-refractivity contribution < 1.29 is 27.1 Å². The van der Waals surface area contributed by atoms with Crippen molar-refractivity contribution in [2.24, 2.45) is 5.73 Å². The SMILES string of the molecule is N#Cc1cccc(-c2ccc3ncc(-c4cc(F)cc(F)c4)c(N4CCC(N)CC4)c3c2)c1C([O])C(F)(F)F. The van der Waals surface area contributed by atoms with Gasteiger partial charge >= 0.3 is 6.18 Å². The predicted molar refractivity (Wildman–Crippen MR) is 136 cm³/mol. The molecule has 0 saturated carbocycles. The van der Waals surface area contributed by atoms with E-state index < -0.39 is 29.5 Å². The Morgan fingerprint density at radius 2 is 1.67 bits per heavy atom. The Morgan fingerprint density at radius 3 is 2.31 bits per heavy atom. The Hall–Kier alpha value is -4.07. The quantitative estimate of drug-likeness (QED) is 0.294. The number of nitrogens with zero attached hydrogens (tertiary/aromatic N) is 3. The highest BCUT2D eigenvalue weighted by Crippen LogP contribution is 2.43. The van der Waals surface area contributed by atoms with Crippen LogP contribution in [0.3, 0.4) is 0 Å². The van der Waals surface area contributed by atoms with Gasteiger partial charge in [-0.05, 0) is 59.9 Å². The van der Waals surface area contributed by atoms with Crippen LogP contribution in [0, 0.1) is 23.0 Å². The van der Waals surface area contributed by atoms with Gasteiger partial charge in [-0.3, -0.25) is 4.98 Å². The second-order valence-corrected chi connectivity index (χ2v) is 9.54. The third-order valence-electron chi connectivity index (χ3n) is 6.97. The van der Waals surface area contributed by atoms with Crippen molar-refractivity contribution in [2.75, 3.05) is 18.0 Å². The number of anilines is 1. The van der Waals surface area contributed by atoms with Crippen LogP contribution in [-0.2, 0) is 5.11 Å². The summed E-state index contributed by atoms with van der Waals surface area (Å²) in [5, 5.41) is 22.5. The van der Waals surface area contributed by atoms with Crippen molar-refractivity contribution in [3.8, 4) is 28.3 Å². The van der Waals surface area contributed by atoms with E-state index in [0.29, 0.717) is 48.1 Å². The molecule has 39 heavy (non-hydrogen) atoms. The first-order chi connectivity index (χ1) is 18.6. The molecule has 1 aromatic heterocycles. The van der Waals surface area contributed by atoms with Gasteiger partial charge in [0.2, 0.25) is 6.10 Å². The number of alkyl halides is 3. The van der Waals surface area contributed by atoms with E-state index in [-0.39, 0.29) is 28.3 Å². The van der Waals surface area contributed by atoms with Crippen LogP contribution in [0.5, 0.6) is 0 Å². The van der Waals surface area contributed by atoms with Gasteiger partial charge in [-0.25, -0.2) is 13.9 Å². The van der Waals surface area contributed by atoms with Gasteiger partial charge in [0.1, 0.15) is 11.6 Å². The average Bonchev–Trinajstić information content (AvgIpc) is 2.90. The summed E-state index contributed by atoms with van der Waals surface area (Å²) >= 11 is 0. The van der Waals surface area contributed by atoms with Crippen LogP contribution in [0.1, 0.15) is 30.1 Å². The first kappa shape index (κ1) is 26.5. The van der Waals surface area contributed by atoms with Gasteiger partial charge in [-0.2, -0.15) is 18.4 Å². The molecule has 1 fully saturated rings. The fourth-order valence-electron chi connectivity index (χ4n) is 5.09. The van der Waals surface area contributed by atoms with Crippen LogP contribution >= 0.6 is 0 Å². The van der Waals surface area contributed by atoms with Gasteiger partial charge < -0.3 is 10.6 Å². The van der Waals surface area contributed by atoms with E-state index in [4.69, 9.17) is 5.73 Å². The molecule has 5 rings (SSSR count). The molecule has 4 aromatic rings. The molecule has 1 aliphatic rings. The molecule has 1 atom stereocenters. The summed E-state index contributed by atoms with van der Waals surface area (Å²) in [5.41, 5.74) is 7.12. The Morgan fingerprint density at radius 1 is 0.974 bits per heavy atom. The summed E-state index contributed by atoms with van der Waals surface area (Å²) in [4.78, 5) is 6.48. The minimum atomic E-state index is -5.10. The summed E-state index contributed by atoms with van der Waals surface area (Å²) in [6, 6.07) is 13.6. The van der Waals surface area contributed by atoms with E-state index in [0.717, 1.165) is 6.07 Å². The second-order valence-electron chi connectivity index (χ2n) is 9.54. The first-order valence-electron chi connectivity index (χ1n) is 12.2. The van der Waals surface area contributed by atoms with Gasteiger partial charge in [0.15, 0.2) is 0 Å². The molecule has 0 amide bonds. The molecular weight excluding hydrogens is 515 g/mol. The Bertz CT molecular complexity index is 1570. The molecule has 0 aliphatic carbocycles. The molecule has 1 aliphatic heterocycles. The van der Waals surface area contributed by atoms with E-state index in [1.807, 2.05) is 4.90 Å². The smallest absolute Gasteiger partial charge is 0.370 e. The lowest BCUT2D eigenvalue weighted by Crippen LogP contribution is -2.40. The molecule has 199 valence electrons. The van der Waals surface area contributed by atoms with E-state index in [2.05, 4.69) is 4.98 Å². The molecule has 2 heterocycles. The maximum atomic E-state index is 14.2. The number of hydrogen-bond donors (Lipinski definition) is 1. The van der Waals surface area contributed by atoms with Crippen molar-refractivity contribution in [3.05, 3.63) is 83.6 Å². The number of benzene rings is 3. The van der Waals surface area contributed by atoms with Crippen molar-refractivity contribution in [1.29, 1.82) is 5.26 Å². The molecule has 10 heteroatoms. The van der Waals surface area contributed by atoms with Gasteiger partial charge in [-0.15, -0.1) is 0 Å². The van der Waals surface area contributed by atoms with Crippen LogP contribution in [0.4, 0.5) is 27.6 Å². The normalized spacial score (nSPS) is 15.4. The topological polar surface area (TPSA) is 85.8 Å². The minimum Gasteiger partial charge on any atom is -0.370 e.